The van der Waals surface area contributed by atoms with E-state index < -0.39 is 0 Å². The molecule has 0 aliphatic heterocycles. The molecule has 22 heavy (non-hydrogen) atoms. The molecule has 1 N–H and O–H groups in total. The van der Waals surface area contributed by atoms with Crippen LogP contribution >= 0.6 is 11.3 Å². The predicted molar refractivity (Wildman–Crippen MR) is 88.8 cm³/mol. The van der Waals surface area contributed by atoms with Crippen LogP contribution in [-0.4, -0.2) is 21.5 Å². The number of imidazole rings is 1. The van der Waals surface area contributed by atoms with Crippen molar-refractivity contribution in [3.8, 4) is 0 Å². The van der Waals surface area contributed by atoms with Crippen LogP contribution in [0, 0.1) is 20.8 Å². The summed E-state index contributed by atoms with van der Waals surface area (Å²) in [6.07, 6.45) is 3.57. The molecule has 0 radical (unpaired) electrons. The Hall–Kier alpha value is -2.47. The summed E-state index contributed by atoms with van der Waals surface area (Å²) in [5.41, 5.74) is 6.74. The molecule has 0 fully saturated rings. The molecule has 112 valence electrons. The van der Waals surface area contributed by atoms with Crippen LogP contribution < -0.4 is 5.43 Å². The minimum Gasteiger partial charge on any atom is -0.295 e. The molecule has 0 aromatic carbocycles. The molecule has 1 amide bonds. The molecule has 3 heterocycles. The highest BCUT2D eigenvalue weighted by molar-refractivity contribution is 7.11. The molecule has 0 bridgehead atoms. The van der Waals surface area contributed by atoms with Crippen molar-refractivity contribution in [2.45, 2.75) is 20.8 Å². The van der Waals surface area contributed by atoms with Crippen molar-refractivity contribution in [1.29, 1.82) is 0 Å². The fourth-order valence-corrected chi connectivity index (χ4v) is 3.05. The van der Waals surface area contributed by atoms with Crippen LogP contribution in [0.4, 0.5) is 0 Å². The van der Waals surface area contributed by atoms with E-state index in [1.165, 1.54) is 0 Å². The number of fused-ring (bicyclic) bond motifs is 1. The van der Waals surface area contributed by atoms with Crippen molar-refractivity contribution in [2.75, 3.05) is 0 Å². The first-order valence-corrected chi connectivity index (χ1v) is 7.77. The Labute approximate surface area is 132 Å². The molecule has 3 aromatic heterocycles. The third-order valence-corrected chi connectivity index (χ3v) is 4.36. The summed E-state index contributed by atoms with van der Waals surface area (Å²) in [5.74, 6) is -0.263. The van der Waals surface area contributed by atoms with Gasteiger partial charge in [0.1, 0.15) is 11.3 Å². The number of hydrogen-bond donors (Lipinski definition) is 1. The van der Waals surface area contributed by atoms with E-state index in [1.807, 2.05) is 50.5 Å². The number of carbonyl (C=O) groups excluding carboxylic acids is 1. The van der Waals surface area contributed by atoms with Gasteiger partial charge in [-0.3, -0.25) is 9.20 Å². The number of carbonyl (C=O) groups is 1. The third kappa shape index (κ3) is 2.65. The maximum absolute atomic E-state index is 12.4. The number of pyridine rings is 1. The van der Waals surface area contributed by atoms with Crippen LogP contribution in [0.3, 0.4) is 0 Å². The van der Waals surface area contributed by atoms with Gasteiger partial charge in [-0.1, -0.05) is 6.07 Å². The third-order valence-electron chi connectivity index (χ3n) is 3.41. The second-order valence-electron chi connectivity index (χ2n) is 5.15. The molecule has 0 aliphatic rings. The van der Waals surface area contributed by atoms with Crippen molar-refractivity contribution >= 4 is 29.1 Å². The van der Waals surface area contributed by atoms with E-state index in [9.17, 15) is 4.79 Å². The second kappa shape index (κ2) is 5.73. The zero-order chi connectivity index (χ0) is 15.7. The van der Waals surface area contributed by atoms with E-state index in [0.29, 0.717) is 11.4 Å². The van der Waals surface area contributed by atoms with Crippen LogP contribution in [0.25, 0.3) is 5.65 Å². The van der Waals surface area contributed by atoms with Crippen molar-refractivity contribution in [3.05, 3.63) is 57.2 Å². The summed E-state index contributed by atoms with van der Waals surface area (Å²) in [5, 5.41) is 6.04. The average molecular weight is 312 g/mol. The maximum Gasteiger partial charge on any atom is 0.290 e. The van der Waals surface area contributed by atoms with Crippen molar-refractivity contribution in [1.82, 2.24) is 14.8 Å². The first-order valence-electron chi connectivity index (χ1n) is 6.89. The molecule has 0 atom stereocenters. The van der Waals surface area contributed by atoms with Crippen molar-refractivity contribution in [3.63, 3.8) is 0 Å². The Balaban J connectivity index is 1.86. The zero-order valence-electron chi connectivity index (χ0n) is 12.6. The predicted octanol–water partition coefficient (Wildman–Crippen LogP) is 3.08. The van der Waals surface area contributed by atoms with Crippen LogP contribution in [-0.2, 0) is 0 Å². The van der Waals surface area contributed by atoms with Gasteiger partial charge in [0.15, 0.2) is 0 Å². The Bertz CT molecular complexity index is 876. The minimum atomic E-state index is -0.263. The lowest BCUT2D eigenvalue weighted by atomic mass is 10.3. The molecule has 3 rings (SSSR count). The highest BCUT2D eigenvalue weighted by Gasteiger charge is 2.16. The smallest absolute Gasteiger partial charge is 0.290 e. The van der Waals surface area contributed by atoms with Gasteiger partial charge in [0.2, 0.25) is 0 Å². The summed E-state index contributed by atoms with van der Waals surface area (Å²) in [7, 11) is 0. The summed E-state index contributed by atoms with van der Waals surface area (Å²) in [6.45, 7) is 5.82. The number of nitrogens with one attached hydrogen (secondary N) is 1. The average Bonchev–Trinajstić information content (AvgIpc) is 3.01. The largest absolute Gasteiger partial charge is 0.295 e. The van der Waals surface area contributed by atoms with Gasteiger partial charge in [-0.25, -0.2) is 10.4 Å². The fourth-order valence-electron chi connectivity index (χ4n) is 2.26. The lowest BCUT2D eigenvalue weighted by Crippen LogP contribution is -2.20. The molecule has 0 unspecified atom stereocenters. The Morgan fingerprint density at radius 3 is 2.86 bits per heavy atom. The van der Waals surface area contributed by atoms with Gasteiger partial charge < -0.3 is 0 Å². The van der Waals surface area contributed by atoms with E-state index in [1.54, 1.807) is 22.0 Å². The van der Waals surface area contributed by atoms with E-state index >= 15 is 0 Å². The molecule has 0 spiro atoms. The van der Waals surface area contributed by atoms with Crippen LogP contribution in [0.2, 0.25) is 0 Å². The zero-order valence-corrected chi connectivity index (χ0v) is 13.4. The number of amides is 1. The van der Waals surface area contributed by atoms with Gasteiger partial charge >= 0.3 is 0 Å². The minimum absolute atomic E-state index is 0.263. The molecule has 5 nitrogen and oxygen atoms in total. The van der Waals surface area contributed by atoms with Gasteiger partial charge in [0.25, 0.3) is 5.91 Å². The van der Waals surface area contributed by atoms with E-state index in [2.05, 4.69) is 15.5 Å². The Kier molecular flexibility index (Phi) is 3.77. The maximum atomic E-state index is 12.4. The molecular formula is C16H16N4OS. The van der Waals surface area contributed by atoms with E-state index in [4.69, 9.17) is 0 Å². The Morgan fingerprint density at radius 1 is 1.32 bits per heavy atom. The quantitative estimate of drug-likeness (QED) is 0.597. The normalized spacial score (nSPS) is 11.4. The van der Waals surface area contributed by atoms with Gasteiger partial charge in [0.05, 0.1) is 11.9 Å². The molecular weight excluding hydrogens is 296 g/mol. The number of hydrazone groups is 1. The monoisotopic (exact) mass is 312 g/mol. The molecule has 0 saturated carbocycles. The second-order valence-corrected chi connectivity index (χ2v) is 6.10. The lowest BCUT2D eigenvalue weighted by molar-refractivity contribution is 0.0948. The fraction of sp³-hybridized carbons (Fsp3) is 0.188. The molecule has 0 saturated heterocycles. The molecule has 0 aliphatic carbocycles. The van der Waals surface area contributed by atoms with Crippen molar-refractivity contribution < 1.29 is 4.79 Å². The highest BCUT2D eigenvalue weighted by Crippen LogP contribution is 2.14. The Morgan fingerprint density at radius 2 is 2.14 bits per heavy atom. The van der Waals surface area contributed by atoms with E-state index in [0.717, 1.165) is 21.7 Å². The SMILES string of the molecule is Cc1ccc2nc(C)c(C(=O)N/N=C\c3sccc3C)n2c1. The highest BCUT2D eigenvalue weighted by atomic mass is 32.1. The van der Waals surface area contributed by atoms with Gasteiger partial charge in [-0.2, -0.15) is 5.10 Å². The van der Waals surface area contributed by atoms with Crippen LogP contribution in [0.1, 0.15) is 32.2 Å². The summed E-state index contributed by atoms with van der Waals surface area (Å²) in [6, 6.07) is 5.89. The number of nitrogens with zero attached hydrogens (tertiary/aromatic N) is 3. The summed E-state index contributed by atoms with van der Waals surface area (Å²) < 4.78 is 1.80. The number of thiophene rings is 1. The molecule has 6 heteroatoms. The van der Waals surface area contributed by atoms with Gasteiger partial charge in [0, 0.05) is 11.1 Å². The lowest BCUT2D eigenvalue weighted by Gasteiger charge is -2.02. The number of aryl methyl sites for hydroxylation is 3. The first-order chi connectivity index (χ1) is 10.6. The van der Waals surface area contributed by atoms with Gasteiger partial charge in [-0.05, 0) is 49.4 Å². The van der Waals surface area contributed by atoms with E-state index in [-0.39, 0.29) is 5.91 Å². The van der Waals surface area contributed by atoms with Crippen LogP contribution in [0.15, 0.2) is 34.9 Å². The molecule has 3 aromatic rings. The summed E-state index contributed by atoms with van der Waals surface area (Å²) >= 11 is 1.59. The van der Waals surface area contributed by atoms with Gasteiger partial charge in [-0.15, -0.1) is 11.3 Å². The standard InChI is InChI=1S/C16H16N4OS/c1-10-4-5-14-18-12(3)15(20(14)9-10)16(21)19-17-8-13-11(2)6-7-22-13/h4-9H,1-3H3,(H,19,21)/b17-8-. The first kappa shape index (κ1) is 14.5. The number of rotatable bonds is 3. The number of aromatic nitrogens is 2. The van der Waals surface area contributed by atoms with Crippen LogP contribution in [0.5, 0.6) is 0 Å². The van der Waals surface area contributed by atoms with Crippen molar-refractivity contribution in [2.24, 2.45) is 5.10 Å². The number of hydrogen-bond acceptors (Lipinski definition) is 4. The topological polar surface area (TPSA) is 58.8 Å². The summed E-state index contributed by atoms with van der Waals surface area (Å²) in [4.78, 5) is 17.8.